The van der Waals surface area contributed by atoms with E-state index in [1.54, 1.807) is 12.1 Å². The van der Waals surface area contributed by atoms with Crippen LogP contribution in [0.4, 0.5) is 0 Å². The van der Waals surface area contributed by atoms with Gasteiger partial charge in [-0.05, 0) is 41.3 Å². The summed E-state index contributed by atoms with van der Waals surface area (Å²) in [4.78, 5) is 0. The molecule has 0 aromatic heterocycles. The van der Waals surface area contributed by atoms with Crippen molar-refractivity contribution in [3.05, 3.63) is 47.1 Å². The minimum absolute atomic E-state index is 0.00187. The SMILES string of the molecule is Oc1cc2c(cc1O)C(C1=C[C@@H]3OCCOC3C=C1)NCC2. The second-order valence-corrected chi connectivity index (χ2v) is 5.87. The Balaban J connectivity index is 1.69. The molecule has 3 atom stereocenters. The van der Waals surface area contributed by atoms with Crippen molar-refractivity contribution in [3.63, 3.8) is 0 Å². The molecule has 0 bridgehead atoms. The van der Waals surface area contributed by atoms with E-state index in [0.717, 1.165) is 29.7 Å². The summed E-state index contributed by atoms with van der Waals surface area (Å²) in [5.41, 5.74) is 3.18. The molecule has 0 saturated carbocycles. The van der Waals surface area contributed by atoms with Crippen molar-refractivity contribution in [2.24, 2.45) is 0 Å². The molecule has 116 valence electrons. The third kappa shape index (κ3) is 2.31. The predicted octanol–water partition coefficient (Wildman–Crippen LogP) is 1.56. The molecule has 1 aliphatic carbocycles. The molecule has 3 aliphatic rings. The molecule has 0 radical (unpaired) electrons. The highest BCUT2D eigenvalue weighted by Gasteiger charge is 2.30. The van der Waals surface area contributed by atoms with Crippen molar-refractivity contribution >= 4 is 0 Å². The van der Waals surface area contributed by atoms with Crippen LogP contribution in [0, 0.1) is 0 Å². The van der Waals surface area contributed by atoms with E-state index in [-0.39, 0.29) is 29.7 Å². The van der Waals surface area contributed by atoms with Crippen LogP contribution in [-0.4, -0.2) is 42.2 Å². The van der Waals surface area contributed by atoms with Crippen molar-refractivity contribution in [2.45, 2.75) is 24.7 Å². The highest BCUT2D eigenvalue weighted by molar-refractivity contribution is 5.51. The van der Waals surface area contributed by atoms with Crippen molar-refractivity contribution in [1.82, 2.24) is 5.32 Å². The van der Waals surface area contributed by atoms with Gasteiger partial charge in [-0.1, -0.05) is 12.2 Å². The van der Waals surface area contributed by atoms with Gasteiger partial charge in [0, 0.05) is 6.54 Å². The lowest BCUT2D eigenvalue weighted by atomic mass is 9.86. The fourth-order valence-corrected chi connectivity index (χ4v) is 3.39. The van der Waals surface area contributed by atoms with Gasteiger partial charge in [-0.2, -0.15) is 0 Å². The van der Waals surface area contributed by atoms with Gasteiger partial charge in [0.15, 0.2) is 11.5 Å². The third-order valence-corrected chi connectivity index (χ3v) is 4.49. The van der Waals surface area contributed by atoms with Crippen molar-refractivity contribution in [1.29, 1.82) is 0 Å². The molecule has 1 aromatic rings. The second kappa shape index (κ2) is 5.43. The lowest BCUT2D eigenvalue weighted by molar-refractivity contribution is -0.102. The van der Waals surface area contributed by atoms with Gasteiger partial charge in [-0.3, -0.25) is 0 Å². The summed E-state index contributed by atoms with van der Waals surface area (Å²) >= 11 is 0. The van der Waals surface area contributed by atoms with E-state index in [2.05, 4.69) is 17.5 Å². The van der Waals surface area contributed by atoms with Crippen LogP contribution in [0.5, 0.6) is 11.5 Å². The fourth-order valence-electron chi connectivity index (χ4n) is 3.39. The van der Waals surface area contributed by atoms with E-state index in [0.29, 0.717) is 13.2 Å². The lowest BCUT2D eigenvalue weighted by Gasteiger charge is -2.34. The molecule has 1 saturated heterocycles. The quantitative estimate of drug-likeness (QED) is 0.687. The van der Waals surface area contributed by atoms with Crippen molar-refractivity contribution in [2.75, 3.05) is 19.8 Å². The second-order valence-electron chi connectivity index (χ2n) is 5.87. The minimum Gasteiger partial charge on any atom is -0.504 e. The zero-order valence-electron chi connectivity index (χ0n) is 12.2. The molecular weight excluding hydrogens is 282 g/mol. The largest absolute Gasteiger partial charge is 0.504 e. The van der Waals surface area contributed by atoms with Gasteiger partial charge < -0.3 is 25.0 Å². The first kappa shape index (κ1) is 13.8. The molecule has 1 aromatic carbocycles. The molecule has 0 amide bonds. The average Bonchev–Trinajstić information content (AvgIpc) is 2.55. The number of aromatic hydroxyl groups is 2. The number of benzene rings is 1. The minimum atomic E-state index is -0.0806. The van der Waals surface area contributed by atoms with Crippen LogP contribution >= 0.6 is 0 Å². The van der Waals surface area contributed by atoms with E-state index in [4.69, 9.17) is 9.47 Å². The van der Waals surface area contributed by atoms with E-state index in [9.17, 15) is 10.2 Å². The average molecular weight is 301 g/mol. The third-order valence-electron chi connectivity index (χ3n) is 4.49. The molecule has 22 heavy (non-hydrogen) atoms. The van der Waals surface area contributed by atoms with Crippen LogP contribution < -0.4 is 5.32 Å². The smallest absolute Gasteiger partial charge is 0.157 e. The molecule has 5 nitrogen and oxygen atoms in total. The topological polar surface area (TPSA) is 71.0 Å². The number of phenols is 2. The van der Waals surface area contributed by atoms with Gasteiger partial charge in [0.1, 0.15) is 12.2 Å². The van der Waals surface area contributed by atoms with Crippen LogP contribution in [-0.2, 0) is 15.9 Å². The zero-order chi connectivity index (χ0) is 15.1. The normalized spacial score (nSPS) is 30.4. The molecule has 4 rings (SSSR count). The molecule has 2 heterocycles. The maximum atomic E-state index is 9.82. The number of fused-ring (bicyclic) bond motifs is 2. The Morgan fingerprint density at radius 2 is 1.82 bits per heavy atom. The Bertz CT molecular complexity index is 652. The number of nitrogens with one attached hydrogen (secondary N) is 1. The predicted molar refractivity (Wildman–Crippen MR) is 80.9 cm³/mol. The van der Waals surface area contributed by atoms with Crippen molar-refractivity contribution in [3.8, 4) is 11.5 Å². The Morgan fingerprint density at radius 3 is 2.68 bits per heavy atom. The van der Waals surface area contributed by atoms with Crippen LogP contribution in [0.25, 0.3) is 0 Å². The summed E-state index contributed by atoms with van der Waals surface area (Å²) in [6.07, 6.45) is 6.98. The Kier molecular flexibility index (Phi) is 3.41. The summed E-state index contributed by atoms with van der Waals surface area (Å²) in [7, 11) is 0. The van der Waals surface area contributed by atoms with Gasteiger partial charge in [-0.25, -0.2) is 0 Å². The Labute approximate surface area is 128 Å². The highest BCUT2D eigenvalue weighted by atomic mass is 16.6. The number of ether oxygens (including phenoxy) is 2. The number of phenolic OH excluding ortho intramolecular Hbond substituents is 2. The van der Waals surface area contributed by atoms with Gasteiger partial charge in [-0.15, -0.1) is 0 Å². The van der Waals surface area contributed by atoms with E-state index in [1.807, 2.05) is 6.08 Å². The first-order chi connectivity index (χ1) is 10.7. The Morgan fingerprint density at radius 1 is 1.05 bits per heavy atom. The van der Waals surface area contributed by atoms with E-state index in [1.165, 1.54) is 0 Å². The van der Waals surface area contributed by atoms with Crippen LogP contribution in [0.1, 0.15) is 17.2 Å². The monoisotopic (exact) mass is 301 g/mol. The maximum Gasteiger partial charge on any atom is 0.157 e. The number of rotatable bonds is 1. The molecular formula is C17H19NO4. The first-order valence-electron chi connectivity index (χ1n) is 7.63. The zero-order valence-corrected chi connectivity index (χ0v) is 12.2. The first-order valence-corrected chi connectivity index (χ1v) is 7.63. The molecule has 1 fully saturated rings. The maximum absolute atomic E-state index is 9.82. The van der Waals surface area contributed by atoms with Gasteiger partial charge in [0.25, 0.3) is 0 Å². The van der Waals surface area contributed by atoms with Crippen molar-refractivity contribution < 1.29 is 19.7 Å². The summed E-state index contributed by atoms with van der Waals surface area (Å²) < 4.78 is 11.4. The molecule has 2 unspecified atom stereocenters. The summed E-state index contributed by atoms with van der Waals surface area (Å²) in [5, 5.41) is 23.0. The van der Waals surface area contributed by atoms with Gasteiger partial charge in [0.2, 0.25) is 0 Å². The van der Waals surface area contributed by atoms with Gasteiger partial charge >= 0.3 is 0 Å². The molecule has 0 spiro atoms. The lowest BCUT2D eigenvalue weighted by Crippen LogP contribution is -2.39. The molecule has 3 N–H and O–H groups in total. The van der Waals surface area contributed by atoms with Gasteiger partial charge in [0.05, 0.1) is 19.3 Å². The fraction of sp³-hybridized carbons (Fsp3) is 0.412. The van der Waals surface area contributed by atoms with E-state index < -0.39 is 0 Å². The Hall–Kier alpha value is -1.82. The molecule has 5 heteroatoms. The van der Waals surface area contributed by atoms with Crippen LogP contribution in [0.15, 0.2) is 35.9 Å². The summed E-state index contributed by atoms with van der Waals surface area (Å²) in [5.74, 6) is -0.139. The summed E-state index contributed by atoms with van der Waals surface area (Å²) in [6, 6.07) is 3.31. The molecule has 2 aliphatic heterocycles. The van der Waals surface area contributed by atoms with E-state index >= 15 is 0 Å². The van der Waals surface area contributed by atoms with Crippen LogP contribution in [0.3, 0.4) is 0 Å². The van der Waals surface area contributed by atoms with Crippen LogP contribution in [0.2, 0.25) is 0 Å². The number of hydrogen-bond donors (Lipinski definition) is 3. The highest BCUT2D eigenvalue weighted by Crippen LogP contribution is 2.38. The number of hydrogen-bond acceptors (Lipinski definition) is 5. The summed E-state index contributed by atoms with van der Waals surface area (Å²) in [6.45, 7) is 2.08. The standard InChI is InChI=1S/C17H19NO4/c19-13-7-10-3-4-18-17(12(10)9-14(13)20)11-1-2-15-16(8-11)22-6-5-21-15/h1-2,7-9,15-20H,3-6H2/t15?,16-,17?/m0/s1.